The molecule has 6 nitrogen and oxygen atoms in total. The number of rotatable bonds is 3. The SMILES string of the molecule is C=C(C(=O)OC)n1c(CC)n[nH]c1=O. The lowest BCUT2D eigenvalue weighted by Gasteiger charge is -2.04. The first kappa shape index (κ1) is 10.2. The van der Waals surface area contributed by atoms with Crippen molar-refractivity contribution in [2.45, 2.75) is 13.3 Å². The zero-order valence-corrected chi connectivity index (χ0v) is 8.03. The van der Waals surface area contributed by atoms with E-state index >= 15 is 0 Å². The highest BCUT2D eigenvalue weighted by atomic mass is 16.5. The number of H-pyrrole nitrogens is 1. The second-order valence-corrected chi connectivity index (χ2v) is 2.57. The van der Waals surface area contributed by atoms with Crippen molar-refractivity contribution in [3.05, 3.63) is 22.9 Å². The maximum Gasteiger partial charge on any atom is 0.354 e. The molecule has 1 N–H and O–H groups in total. The summed E-state index contributed by atoms with van der Waals surface area (Å²) in [6.45, 7) is 5.28. The number of nitrogens with zero attached hydrogens (tertiary/aromatic N) is 2. The first-order valence-corrected chi connectivity index (χ1v) is 4.05. The number of aryl methyl sites for hydroxylation is 1. The van der Waals surface area contributed by atoms with Crippen LogP contribution in [0.3, 0.4) is 0 Å². The molecule has 76 valence electrons. The number of hydrogen-bond acceptors (Lipinski definition) is 4. The molecule has 0 unspecified atom stereocenters. The van der Waals surface area contributed by atoms with Gasteiger partial charge in [-0.05, 0) is 0 Å². The second kappa shape index (κ2) is 3.91. The van der Waals surface area contributed by atoms with Gasteiger partial charge in [0.05, 0.1) is 7.11 Å². The van der Waals surface area contributed by atoms with Gasteiger partial charge in [0.2, 0.25) is 0 Å². The van der Waals surface area contributed by atoms with E-state index in [1.54, 1.807) is 0 Å². The first-order valence-electron chi connectivity index (χ1n) is 4.05. The van der Waals surface area contributed by atoms with E-state index in [0.717, 1.165) is 4.57 Å². The fraction of sp³-hybridized carbons (Fsp3) is 0.375. The Bertz CT molecular complexity index is 416. The van der Waals surface area contributed by atoms with Crippen LogP contribution < -0.4 is 5.69 Å². The second-order valence-electron chi connectivity index (χ2n) is 2.57. The molecule has 0 aromatic carbocycles. The largest absolute Gasteiger partial charge is 0.464 e. The normalized spacial score (nSPS) is 9.86. The topological polar surface area (TPSA) is 77.0 Å². The van der Waals surface area contributed by atoms with Gasteiger partial charge in [-0.1, -0.05) is 13.5 Å². The number of aromatic nitrogens is 3. The Morgan fingerprint density at radius 3 is 2.86 bits per heavy atom. The van der Waals surface area contributed by atoms with Crippen molar-refractivity contribution in [1.29, 1.82) is 0 Å². The van der Waals surface area contributed by atoms with Crippen LogP contribution in [0.4, 0.5) is 0 Å². The van der Waals surface area contributed by atoms with E-state index in [4.69, 9.17) is 0 Å². The molecule has 14 heavy (non-hydrogen) atoms. The van der Waals surface area contributed by atoms with E-state index in [2.05, 4.69) is 21.5 Å². The summed E-state index contributed by atoms with van der Waals surface area (Å²) in [5.41, 5.74) is -0.527. The van der Waals surface area contributed by atoms with Crippen LogP contribution in [0.25, 0.3) is 5.70 Å². The van der Waals surface area contributed by atoms with Gasteiger partial charge in [-0.25, -0.2) is 19.3 Å². The number of esters is 1. The number of hydrogen-bond donors (Lipinski definition) is 1. The van der Waals surface area contributed by atoms with E-state index in [0.29, 0.717) is 12.2 Å². The summed E-state index contributed by atoms with van der Waals surface area (Å²) in [6.07, 6.45) is 0.523. The molecule has 0 aliphatic carbocycles. The van der Waals surface area contributed by atoms with Gasteiger partial charge in [0.25, 0.3) is 0 Å². The molecule has 1 aromatic rings. The molecule has 0 atom stereocenters. The predicted molar refractivity (Wildman–Crippen MR) is 49.6 cm³/mol. The van der Waals surface area contributed by atoms with Crippen LogP contribution in [-0.2, 0) is 16.0 Å². The minimum absolute atomic E-state index is 0.0388. The molecule has 0 amide bonds. The fourth-order valence-corrected chi connectivity index (χ4v) is 1.05. The lowest BCUT2D eigenvalue weighted by Crippen LogP contribution is -2.22. The lowest BCUT2D eigenvalue weighted by molar-refractivity contribution is -0.134. The van der Waals surface area contributed by atoms with Gasteiger partial charge >= 0.3 is 11.7 Å². The molecule has 0 saturated heterocycles. The first-order chi connectivity index (χ1) is 6.61. The van der Waals surface area contributed by atoms with Crippen LogP contribution in [0.5, 0.6) is 0 Å². The van der Waals surface area contributed by atoms with Crippen molar-refractivity contribution in [3.8, 4) is 0 Å². The lowest BCUT2D eigenvalue weighted by atomic mass is 10.4. The molecule has 0 aliphatic rings. The summed E-state index contributed by atoms with van der Waals surface area (Å²) in [6, 6.07) is 0. The summed E-state index contributed by atoms with van der Waals surface area (Å²) in [5.74, 6) is -0.200. The highest BCUT2D eigenvalue weighted by Gasteiger charge is 2.15. The molecule has 1 aromatic heterocycles. The number of methoxy groups -OCH3 is 1. The van der Waals surface area contributed by atoms with Crippen LogP contribution in [0.2, 0.25) is 0 Å². The molecule has 6 heteroatoms. The van der Waals surface area contributed by atoms with Gasteiger partial charge < -0.3 is 4.74 Å². The van der Waals surface area contributed by atoms with E-state index in [-0.39, 0.29) is 5.70 Å². The van der Waals surface area contributed by atoms with Crippen molar-refractivity contribution in [2.75, 3.05) is 7.11 Å². The Balaban J connectivity index is 3.17. The predicted octanol–water partition coefficient (Wildman–Crippen LogP) is -0.222. The van der Waals surface area contributed by atoms with Crippen molar-refractivity contribution < 1.29 is 9.53 Å². The van der Waals surface area contributed by atoms with Crippen molar-refractivity contribution in [2.24, 2.45) is 0 Å². The Labute approximate surface area is 80.2 Å². The Kier molecular flexibility index (Phi) is 2.85. The standard InChI is InChI=1S/C8H11N3O3/c1-4-6-9-10-8(13)11(6)5(2)7(12)14-3/h2,4H2,1,3H3,(H,10,13). The van der Waals surface area contributed by atoms with Crippen LogP contribution in [0.15, 0.2) is 11.4 Å². The van der Waals surface area contributed by atoms with E-state index in [9.17, 15) is 9.59 Å². The molecule has 0 fully saturated rings. The molecule has 0 spiro atoms. The Morgan fingerprint density at radius 2 is 2.36 bits per heavy atom. The maximum atomic E-state index is 11.2. The summed E-state index contributed by atoms with van der Waals surface area (Å²) >= 11 is 0. The Hall–Kier alpha value is -1.85. The minimum atomic E-state index is -0.650. The number of nitrogens with one attached hydrogen (secondary N) is 1. The van der Waals surface area contributed by atoms with Crippen LogP contribution in [-0.4, -0.2) is 27.8 Å². The molecule has 1 heterocycles. The minimum Gasteiger partial charge on any atom is -0.464 e. The van der Waals surface area contributed by atoms with Gasteiger partial charge in [0, 0.05) is 6.42 Å². The molecule has 1 rings (SSSR count). The maximum absolute atomic E-state index is 11.2. The number of ether oxygens (including phenoxy) is 1. The smallest absolute Gasteiger partial charge is 0.354 e. The summed E-state index contributed by atoms with van der Waals surface area (Å²) in [7, 11) is 1.23. The van der Waals surface area contributed by atoms with E-state index in [1.807, 2.05) is 6.92 Å². The van der Waals surface area contributed by atoms with Gasteiger partial charge in [0.1, 0.15) is 11.5 Å². The van der Waals surface area contributed by atoms with Crippen LogP contribution in [0.1, 0.15) is 12.7 Å². The average molecular weight is 197 g/mol. The molecular weight excluding hydrogens is 186 g/mol. The summed E-state index contributed by atoms with van der Waals surface area (Å²) in [4.78, 5) is 22.3. The van der Waals surface area contributed by atoms with E-state index < -0.39 is 11.7 Å². The summed E-state index contributed by atoms with van der Waals surface area (Å²) in [5, 5.41) is 5.97. The third-order valence-corrected chi connectivity index (χ3v) is 1.75. The van der Waals surface area contributed by atoms with Gasteiger partial charge in [-0.2, -0.15) is 5.10 Å². The molecular formula is C8H11N3O3. The Morgan fingerprint density at radius 1 is 1.71 bits per heavy atom. The number of aromatic amines is 1. The number of carbonyl (C=O) groups is 1. The molecule has 0 bridgehead atoms. The molecule has 0 aliphatic heterocycles. The fourth-order valence-electron chi connectivity index (χ4n) is 1.05. The van der Waals surface area contributed by atoms with Crippen molar-refractivity contribution >= 4 is 11.7 Å². The third-order valence-electron chi connectivity index (χ3n) is 1.75. The molecule has 0 radical (unpaired) electrons. The highest BCUT2D eigenvalue weighted by Crippen LogP contribution is 2.03. The monoisotopic (exact) mass is 197 g/mol. The van der Waals surface area contributed by atoms with Crippen LogP contribution in [0, 0.1) is 0 Å². The average Bonchev–Trinajstić information content (AvgIpc) is 2.57. The molecule has 0 saturated carbocycles. The highest BCUT2D eigenvalue weighted by molar-refractivity contribution is 6.09. The van der Waals surface area contributed by atoms with Gasteiger partial charge in [-0.3, -0.25) is 0 Å². The van der Waals surface area contributed by atoms with E-state index in [1.165, 1.54) is 7.11 Å². The summed E-state index contributed by atoms with van der Waals surface area (Å²) < 4.78 is 5.55. The zero-order chi connectivity index (χ0) is 10.7. The quantitative estimate of drug-likeness (QED) is 0.536. The van der Waals surface area contributed by atoms with Gasteiger partial charge in [-0.15, -0.1) is 0 Å². The number of carbonyl (C=O) groups excluding carboxylic acids is 1. The van der Waals surface area contributed by atoms with Crippen molar-refractivity contribution in [1.82, 2.24) is 14.8 Å². The van der Waals surface area contributed by atoms with Crippen molar-refractivity contribution in [3.63, 3.8) is 0 Å². The third kappa shape index (κ3) is 1.59. The van der Waals surface area contributed by atoms with Crippen LogP contribution >= 0.6 is 0 Å². The van der Waals surface area contributed by atoms with Gasteiger partial charge in [0.15, 0.2) is 0 Å². The zero-order valence-electron chi connectivity index (χ0n) is 8.03.